The monoisotopic (exact) mass is 284 g/mol. The molecular weight excluding hydrogens is 260 g/mol. The number of carboxylic acids is 1. The van der Waals surface area contributed by atoms with Gasteiger partial charge in [0.1, 0.15) is 6.04 Å². The largest absolute Gasteiger partial charge is 0.480 e. The van der Waals surface area contributed by atoms with Crippen LogP contribution in [-0.4, -0.2) is 58.3 Å². The van der Waals surface area contributed by atoms with Crippen LogP contribution in [0, 0.1) is 5.92 Å². The smallest absolute Gasteiger partial charge is 0.321 e. The number of carboxylic acid groups (broad SMARTS) is 1. The maximum atomic E-state index is 12.1. The number of carbonyl (C=O) groups is 2. The summed E-state index contributed by atoms with van der Waals surface area (Å²) in [4.78, 5) is 24.7. The van der Waals surface area contributed by atoms with E-state index in [1.54, 1.807) is 4.90 Å². The van der Waals surface area contributed by atoms with E-state index < -0.39 is 18.1 Å². The van der Waals surface area contributed by atoms with Crippen LogP contribution < -0.4 is 5.32 Å². The van der Waals surface area contributed by atoms with Crippen molar-refractivity contribution in [1.82, 2.24) is 10.2 Å². The minimum atomic E-state index is -0.972. The van der Waals surface area contributed by atoms with Gasteiger partial charge in [-0.3, -0.25) is 14.5 Å². The van der Waals surface area contributed by atoms with Crippen molar-refractivity contribution in [3.63, 3.8) is 0 Å². The minimum Gasteiger partial charge on any atom is -0.480 e. The van der Waals surface area contributed by atoms with Gasteiger partial charge in [0.15, 0.2) is 0 Å². The number of hydrogen-bond acceptors (Lipinski definition) is 4. The lowest BCUT2D eigenvalue weighted by Crippen LogP contribution is -2.48. The fourth-order valence-corrected chi connectivity index (χ4v) is 3.28. The summed E-state index contributed by atoms with van der Waals surface area (Å²) in [5.74, 6) is -0.628. The summed E-state index contributed by atoms with van der Waals surface area (Å²) in [5, 5.41) is 21.7. The predicted octanol–water partition coefficient (Wildman–Crippen LogP) is 0.201. The molecule has 20 heavy (non-hydrogen) atoms. The molecule has 2 aliphatic rings. The topological polar surface area (TPSA) is 89.9 Å². The summed E-state index contributed by atoms with van der Waals surface area (Å²) in [6.07, 6.45) is 4.02. The van der Waals surface area contributed by atoms with E-state index in [0.717, 1.165) is 19.3 Å². The Morgan fingerprint density at radius 3 is 2.65 bits per heavy atom. The van der Waals surface area contributed by atoms with E-state index in [4.69, 9.17) is 5.11 Å². The third-order valence-electron chi connectivity index (χ3n) is 4.47. The van der Waals surface area contributed by atoms with Crippen LogP contribution in [0.1, 0.15) is 39.0 Å². The van der Waals surface area contributed by atoms with Gasteiger partial charge in [0.05, 0.1) is 12.6 Å². The molecular formula is C14H24N2O4. The average Bonchev–Trinajstić information content (AvgIpc) is 2.73. The van der Waals surface area contributed by atoms with Crippen molar-refractivity contribution in [2.24, 2.45) is 5.92 Å². The number of hydrogen-bond donors (Lipinski definition) is 3. The Bertz CT molecular complexity index is 374. The molecule has 2 fully saturated rings. The molecule has 3 N–H and O–H groups in total. The molecule has 0 aromatic rings. The lowest BCUT2D eigenvalue weighted by atomic mass is 9.86. The highest BCUT2D eigenvalue weighted by atomic mass is 16.4. The highest BCUT2D eigenvalue weighted by molar-refractivity contribution is 5.80. The second kappa shape index (κ2) is 6.54. The molecule has 0 aromatic carbocycles. The van der Waals surface area contributed by atoms with Crippen molar-refractivity contribution in [2.75, 3.05) is 13.1 Å². The standard InChI is InChI=1S/C14H24N2O4/c1-9-4-2-3-5-11(9)15-13(18)8-16-7-10(17)6-12(16)14(19)20/h9-12,17H,2-8H2,1H3,(H,15,18)(H,19,20). The molecule has 2 rings (SSSR count). The number of aliphatic hydroxyl groups excluding tert-OH is 1. The first-order valence-corrected chi connectivity index (χ1v) is 7.41. The molecule has 1 saturated heterocycles. The molecule has 4 atom stereocenters. The number of nitrogens with zero attached hydrogens (tertiary/aromatic N) is 1. The van der Waals surface area contributed by atoms with Crippen LogP contribution in [0.3, 0.4) is 0 Å². The van der Waals surface area contributed by atoms with Gasteiger partial charge in [-0.1, -0.05) is 19.8 Å². The van der Waals surface area contributed by atoms with Gasteiger partial charge in [-0.15, -0.1) is 0 Å². The molecule has 114 valence electrons. The Kier molecular flexibility index (Phi) is 4.99. The maximum Gasteiger partial charge on any atom is 0.321 e. The van der Waals surface area contributed by atoms with E-state index in [0.29, 0.717) is 5.92 Å². The number of aliphatic hydroxyl groups is 1. The van der Waals surface area contributed by atoms with Crippen molar-refractivity contribution in [1.29, 1.82) is 0 Å². The van der Waals surface area contributed by atoms with Crippen molar-refractivity contribution >= 4 is 11.9 Å². The minimum absolute atomic E-state index is 0.0528. The van der Waals surface area contributed by atoms with Gasteiger partial charge < -0.3 is 15.5 Å². The van der Waals surface area contributed by atoms with E-state index in [1.807, 2.05) is 0 Å². The van der Waals surface area contributed by atoms with Crippen molar-refractivity contribution in [2.45, 2.75) is 57.2 Å². The fourth-order valence-electron chi connectivity index (χ4n) is 3.28. The summed E-state index contributed by atoms with van der Waals surface area (Å²) in [7, 11) is 0. The van der Waals surface area contributed by atoms with Gasteiger partial charge in [-0.25, -0.2) is 0 Å². The van der Waals surface area contributed by atoms with Gasteiger partial charge in [-0.2, -0.15) is 0 Å². The van der Waals surface area contributed by atoms with E-state index in [2.05, 4.69) is 12.2 Å². The molecule has 6 nitrogen and oxygen atoms in total. The molecule has 6 heteroatoms. The summed E-state index contributed by atoms with van der Waals surface area (Å²) in [5.41, 5.74) is 0. The van der Waals surface area contributed by atoms with Crippen molar-refractivity contribution in [3.8, 4) is 0 Å². The molecule has 0 spiro atoms. The molecule has 1 aliphatic heterocycles. The zero-order chi connectivity index (χ0) is 14.7. The van der Waals surface area contributed by atoms with E-state index in [1.165, 1.54) is 6.42 Å². The Hall–Kier alpha value is -1.14. The maximum absolute atomic E-state index is 12.1. The summed E-state index contributed by atoms with van der Waals surface area (Å²) in [6, 6.07) is -0.549. The third-order valence-corrected chi connectivity index (χ3v) is 4.47. The normalized spacial score (nSPS) is 34.9. The number of nitrogens with one attached hydrogen (secondary N) is 1. The molecule has 1 amide bonds. The van der Waals surface area contributed by atoms with Crippen LogP contribution in [-0.2, 0) is 9.59 Å². The lowest BCUT2D eigenvalue weighted by Gasteiger charge is -2.30. The Balaban J connectivity index is 1.85. The Labute approximate surface area is 119 Å². The molecule has 0 bridgehead atoms. The average molecular weight is 284 g/mol. The molecule has 0 aromatic heterocycles. The van der Waals surface area contributed by atoms with Gasteiger partial charge >= 0.3 is 5.97 Å². The van der Waals surface area contributed by atoms with Crippen molar-refractivity contribution < 1.29 is 19.8 Å². The third kappa shape index (κ3) is 3.70. The highest BCUT2D eigenvalue weighted by Gasteiger charge is 2.37. The fraction of sp³-hybridized carbons (Fsp3) is 0.857. The molecule has 1 saturated carbocycles. The van der Waals surface area contributed by atoms with Crippen molar-refractivity contribution in [3.05, 3.63) is 0 Å². The predicted molar refractivity (Wildman–Crippen MR) is 73.2 cm³/mol. The zero-order valence-corrected chi connectivity index (χ0v) is 11.9. The highest BCUT2D eigenvalue weighted by Crippen LogP contribution is 2.24. The van der Waals surface area contributed by atoms with E-state index in [9.17, 15) is 14.7 Å². The number of amides is 1. The Morgan fingerprint density at radius 2 is 2.00 bits per heavy atom. The van der Waals surface area contributed by atoms with Gasteiger partial charge in [0.25, 0.3) is 0 Å². The summed E-state index contributed by atoms with van der Waals surface area (Å²) in [6.45, 7) is 2.45. The first-order valence-electron chi connectivity index (χ1n) is 7.41. The van der Waals surface area contributed by atoms with Gasteiger partial charge in [0.2, 0.25) is 5.91 Å². The quantitative estimate of drug-likeness (QED) is 0.686. The summed E-state index contributed by atoms with van der Waals surface area (Å²) >= 11 is 0. The van der Waals surface area contributed by atoms with Crippen LogP contribution in [0.25, 0.3) is 0 Å². The van der Waals surface area contributed by atoms with E-state index >= 15 is 0 Å². The number of likely N-dealkylation sites (tertiary alicyclic amines) is 1. The summed E-state index contributed by atoms with van der Waals surface area (Å²) < 4.78 is 0. The number of rotatable bonds is 4. The van der Waals surface area contributed by atoms with Crippen LogP contribution in [0.15, 0.2) is 0 Å². The molecule has 1 heterocycles. The molecule has 1 aliphatic carbocycles. The lowest BCUT2D eigenvalue weighted by molar-refractivity contribution is -0.142. The van der Waals surface area contributed by atoms with Gasteiger partial charge in [-0.05, 0) is 18.8 Å². The number of aliphatic carboxylic acids is 1. The Morgan fingerprint density at radius 1 is 1.30 bits per heavy atom. The first-order chi connectivity index (χ1) is 9.47. The second-order valence-electron chi connectivity index (χ2n) is 6.11. The van der Waals surface area contributed by atoms with Crippen LogP contribution in [0.4, 0.5) is 0 Å². The van der Waals surface area contributed by atoms with Crippen LogP contribution >= 0.6 is 0 Å². The zero-order valence-electron chi connectivity index (χ0n) is 11.9. The molecule has 0 radical (unpaired) electrons. The number of carbonyl (C=O) groups excluding carboxylic acids is 1. The number of β-amino-alcohol motifs (C(OH)–C–C–N with tert-alkyl or cyclic N) is 1. The SMILES string of the molecule is CC1CCCCC1NC(=O)CN1CC(O)CC1C(=O)O. The molecule has 4 unspecified atom stereocenters. The second-order valence-corrected chi connectivity index (χ2v) is 6.11. The first kappa shape index (κ1) is 15.3. The van der Waals surface area contributed by atoms with E-state index in [-0.39, 0.29) is 31.5 Å². The van der Waals surface area contributed by atoms with Crippen LogP contribution in [0.5, 0.6) is 0 Å². The van der Waals surface area contributed by atoms with Crippen LogP contribution in [0.2, 0.25) is 0 Å². The van der Waals surface area contributed by atoms with Gasteiger partial charge in [0, 0.05) is 19.0 Å².